The zero-order chi connectivity index (χ0) is 19.0. The second-order valence-corrected chi connectivity index (χ2v) is 7.46. The lowest BCUT2D eigenvalue weighted by molar-refractivity contribution is 0.102. The normalized spacial score (nSPS) is 12.7. The average Bonchev–Trinajstić information content (AvgIpc) is 3.12. The van der Waals surface area contributed by atoms with Crippen molar-refractivity contribution in [3.05, 3.63) is 58.0 Å². The van der Waals surface area contributed by atoms with Crippen molar-refractivity contribution in [2.45, 2.75) is 20.8 Å². The van der Waals surface area contributed by atoms with Crippen molar-refractivity contribution < 1.29 is 14.3 Å². The van der Waals surface area contributed by atoms with Crippen LogP contribution in [0.1, 0.15) is 27.0 Å². The molecule has 1 amide bonds. The molecule has 138 valence electrons. The van der Waals surface area contributed by atoms with Crippen LogP contribution in [0.25, 0.3) is 11.3 Å². The van der Waals surface area contributed by atoms with E-state index in [4.69, 9.17) is 9.47 Å². The number of hydrogen-bond acceptors (Lipinski definition) is 5. The van der Waals surface area contributed by atoms with Crippen LogP contribution in [0.3, 0.4) is 0 Å². The Morgan fingerprint density at radius 2 is 1.74 bits per heavy atom. The van der Waals surface area contributed by atoms with Crippen molar-refractivity contribution in [2.24, 2.45) is 0 Å². The van der Waals surface area contributed by atoms with Crippen LogP contribution >= 0.6 is 11.3 Å². The molecule has 0 saturated carbocycles. The quantitative estimate of drug-likeness (QED) is 0.712. The Bertz CT molecular complexity index is 1030. The number of amides is 1. The number of hydrogen-bond donors (Lipinski definition) is 1. The number of carbonyl (C=O) groups is 1. The SMILES string of the molecule is Cc1cc(C)c(-c2csc(NC(=O)c3ccc4c(c3)OCCO4)n2)cc1C. The van der Waals surface area contributed by atoms with Gasteiger partial charge in [0.2, 0.25) is 0 Å². The number of rotatable bonds is 3. The van der Waals surface area contributed by atoms with Crippen LogP contribution in [0.4, 0.5) is 5.13 Å². The van der Waals surface area contributed by atoms with Gasteiger partial charge in [-0.15, -0.1) is 11.3 Å². The lowest BCUT2D eigenvalue weighted by Gasteiger charge is -2.18. The summed E-state index contributed by atoms with van der Waals surface area (Å²) < 4.78 is 11.0. The van der Waals surface area contributed by atoms with Gasteiger partial charge in [0, 0.05) is 16.5 Å². The molecule has 4 rings (SSSR count). The van der Waals surface area contributed by atoms with E-state index < -0.39 is 0 Å². The summed E-state index contributed by atoms with van der Waals surface area (Å²) in [5.41, 5.74) is 6.14. The number of thiazole rings is 1. The first-order chi connectivity index (χ1) is 13.0. The van der Waals surface area contributed by atoms with Gasteiger partial charge in [0.05, 0.1) is 5.69 Å². The third-order valence-electron chi connectivity index (χ3n) is 4.65. The highest BCUT2D eigenvalue weighted by molar-refractivity contribution is 7.14. The monoisotopic (exact) mass is 380 g/mol. The van der Waals surface area contributed by atoms with E-state index in [2.05, 4.69) is 43.2 Å². The largest absolute Gasteiger partial charge is 0.486 e. The van der Waals surface area contributed by atoms with Crippen molar-refractivity contribution in [2.75, 3.05) is 18.5 Å². The van der Waals surface area contributed by atoms with Gasteiger partial charge in [-0.05, 0) is 61.7 Å². The van der Waals surface area contributed by atoms with E-state index in [0.717, 1.165) is 11.3 Å². The number of ether oxygens (including phenoxy) is 2. The lowest BCUT2D eigenvalue weighted by Crippen LogP contribution is -2.17. The molecule has 1 aromatic heterocycles. The van der Waals surface area contributed by atoms with Crippen molar-refractivity contribution in [1.82, 2.24) is 4.98 Å². The van der Waals surface area contributed by atoms with Crippen molar-refractivity contribution in [3.8, 4) is 22.8 Å². The summed E-state index contributed by atoms with van der Waals surface area (Å²) in [6.45, 7) is 7.29. The highest BCUT2D eigenvalue weighted by atomic mass is 32.1. The Balaban J connectivity index is 1.54. The minimum Gasteiger partial charge on any atom is -0.486 e. The fourth-order valence-electron chi connectivity index (χ4n) is 3.05. The van der Waals surface area contributed by atoms with Gasteiger partial charge in [-0.25, -0.2) is 4.98 Å². The van der Waals surface area contributed by atoms with Crippen LogP contribution in [-0.2, 0) is 0 Å². The Labute approximate surface area is 162 Å². The van der Waals surface area contributed by atoms with E-state index in [1.165, 1.54) is 28.0 Å². The summed E-state index contributed by atoms with van der Waals surface area (Å²) in [7, 11) is 0. The molecule has 0 atom stereocenters. The first kappa shape index (κ1) is 17.5. The minimum atomic E-state index is -0.218. The number of nitrogens with one attached hydrogen (secondary N) is 1. The van der Waals surface area contributed by atoms with E-state index in [9.17, 15) is 4.79 Å². The highest BCUT2D eigenvalue weighted by Crippen LogP contribution is 2.32. The molecule has 0 saturated heterocycles. The summed E-state index contributed by atoms with van der Waals surface area (Å²) >= 11 is 1.42. The third kappa shape index (κ3) is 3.53. The van der Waals surface area contributed by atoms with E-state index in [1.54, 1.807) is 18.2 Å². The van der Waals surface area contributed by atoms with Gasteiger partial charge in [0.1, 0.15) is 13.2 Å². The number of benzene rings is 2. The fourth-order valence-corrected chi connectivity index (χ4v) is 3.75. The molecule has 27 heavy (non-hydrogen) atoms. The van der Waals surface area contributed by atoms with E-state index in [1.807, 2.05) is 5.38 Å². The van der Waals surface area contributed by atoms with Crippen LogP contribution in [0.15, 0.2) is 35.7 Å². The molecule has 3 aromatic rings. The van der Waals surface area contributed by atoms with Crippen molar-refractivity contribution in [1.29, 1.82) is 0 Å². The molecule has 1 N–H and O–H groups in total. The summed E-state index contributed by atoms with van der Waals surface area (Å²) in [4.78, 5) is 17.2. The maximum atomic E-state index is 12.6. The fraction of sp³-hybridized carbons (Fsp3) is 0.238. The Morgan fingerprint density at radius 3 is 2.56 bits per heavy atom. The van der Waals surface area contributed by atoms with E-state index in [0.29, 0.717) is 35.4 Å². The van der Waals surface area contributed by atoms with Gasteiger partial charge < -0.3 is 9.47 Å². The molecule has 1 aliphatic rings. The number of fused-ring (bicyclic) bond motifs is 1. The molecule has 0 radical (unpaired) electrons. The molecule has 1 aliphatic heterocycles. The van der Waals surface area contributed by atoms with Gasteiger partial charge in [-0.1, -0.05) is 6.07 Å². The Morgan fingerprint density at radius 1 is 1.00 bits per heavy atom. The van der Waals surface area contributed by atoms with Crippen molar-refractivity contribution in [3.63, 3.8) is 0 Å². The highest BCUT2D eigenvalue weighted by Gasteiger charge is 2.16. The molecular formula is C21H20N2O3S. The van der Waals surface area contributed by atoms with Crippen LogP contribution in [0, 0.1) is 20.8 Å². The van der Waals surface area contributed by atoms with Gasteiger partial charge in [0.25, 0.3) is 5.91 Å². The lowest BCUT2D eigenvalue weighted by atomic mass is 9.99. The van der Waals surface area contributed by atoms with Crippen LogP contribution < -0.4 is 14.8 Å². The van der Waals surface area contributed by atoms with Crippen LogP contribution in [-0.4, -0.2) is 24.1 Å². The predicted molar refractivity (Wildman–Crippen MR) is 107 cm³/mol. The van der Waals surface area contributed by atoms with Gasteiger partial charge in [0.15, 0.2) is 16.6 Å². The van der Waals surface area contributed by atoms with Crippen molar-refractivity contribution >= 4 is 22.4 Å². The summed E-state index contributed by atoms with van der Waals surface area (Å²) in [6, 6.07) is 9.50. The molecule has 2 aromatic carbocycles. The molecular weight excluding hydrogens is 360 g/mol. The molecule has 0 unspecified atom stereocenters. The summed E-state index contributed by atoms with van der Waals surface area (Å²) in [5, 5.41) is 5.41. The average molecular weight is 380 g/mol. The molecule has 0 bridgehead atoms. The first-order valence-electron chi connectivity index (χ1n) is 8.76. The zero-order valence-electron chi connectivity index (χ0n) is 15.5. The molecule has 5 nitrogen and oxygen atoms in total. The number of nitrogens with zero attached hydrogens (tertiary/aromatic N) is 1. The zero-order valence-corrected chi connectivity index (χ0v) is 16.3. The Kier molecular flexibility index (Phi) is 4.58. The van der Waals surface area contributed by atoms with E-state index >= 15 is 0 Å². The number of aromatic nitrogens is 1. The standard InChI is InChI=1S/C21H20N2O3S/c1-12-8-14(3)16(9-13(12)2)17-11-27-21(22-17)23-20(24)15-4-5-18-19(10-15)26-7-6-25-18/h4-5,8-11H,6-7H2,1-3H3,(H,22,23,24). The molecule has 2 heterocycles. The molecule has 0 aliphatic carbocycles. The number of carbonyl (C=O) groups excluding carboxylic acids is 1. The maximum absolute atomic E-state index is 12.6. The van der Waals surface area contributed by atoms with Gasteiger partial charge in [-0.2, -0.15) is 0 Å². The van der Waals surface area contributed by atoms with Gasteiger partial charge >= 0.3 is 0 Å². The third-order valence-corrected chi connectivity index (χ3v) is 5.40. The topological polar surface area (TPSA) is 60.5 Å². The minimum absolute atomic E-state index is 0.218. The predicted octanol–water partition coefficient (Wildman–Crippen LogP) is 4.76. The molecule has 6 heteroatoms. The second kappa shape index (κ2) is 7.04. The molecule has 0 fully saturated rings. The Hall–Kier alpha value is -2.86. The maximum Gasteiger partial charge on any atom is 0.257 e. The summed E-state index contributed by atoms with van der Waals surface area (Å²) in [6.07, 6.45) is 0. The van der Waals surface area contributed by atoms with Crippen LogP contribution in [0.5, 0.6) is 11.5 Å². The number of aryl methyl sites for hydroxylation is 3. The number of anilines is 1. The summed E-state index contributed by atoms with van der Waals surface area (Å²) in [5.74, 6) is 1.05. The smallest absolute Gasteiger partial charge is 0.257 e. The van der Waals surface area contributed by atoms with Crippen LogP contribution in [0.2, 0.25) is 0 Å². The second-order valence-electron chi connectivity index (χ2n) is 6.60. The first-order valence-corrected chi connectivity index (χ1v) is 9.64. The van der Waals surface area contributed by atoms with Gasteiger partial charge in [-0.3, -0.25) is 10.1 Å². The molecule has 0 spiro atoms. The van der Waals surface area contributed by atoms with E-state index in [-0.39, 0.29) is 5.91 Å².